The van der Waals surface area contributed by atoms with E-state index in [-0.39, 0.29) is 28.5 Å². The van der Waals surface area contributed by atoms with Crippen molar-refractivity contribution in [2.45, 2.75) is 52.2 Å². The monoisotopic (exact) mass is 581 g/mol. The molecule has 2 aromatic carbocycles. The lowest BCUT2D eigenvalue weighted by Crippen LogP contribution is -2.50. The van der Waals surface area contributed by atoms with Crippen LogP contribution in [0.4, 0.5) is 5.69 Å². The third kappa shape index (κ3) is 6.05. The number of ether oxygens (including phenoxy) is 1. The highest BCUT2D eigenvalue weighted by molar-refractivity contribution is 5.79. The van der Waals surface area contributed by atoms with E-state index in [1.807, 2.05) is 11.0 Å². The number of nitro benzene ring substituents is 1. The van der Waals surface area contributed by atoms with Crippen LogP contribution in [0.25, 0.3) is 28.0 Å². The second kappa shape index (κ2) is 12.3. The lowest BCUT2D eigenvalue weighted by molar-refractivity contribution is -0.384. The van der Waals surface area contributed by atoms with Crippen molar-refractivity contribution in [2.75, 3.05) is 33.3 Å². The van der Waals surface area contributed by atoms with E-state index in [2.05, 4.69) is 53.6 Å². The first-order chi connectivity index (χ1) is 20.8. The van der Waals surface area contributed by atoms with Gasteiger partial charge in [-0.15, -0.1) is 0 Å². The van der Waals surface area contributed by atoms with E-state index in [1.165, 1.54) is 28.8 Å². The van der Waals surface area contributed by atoms with E-state index < -0.39 is 0 Å². The Balaban J connectivity index is 1.29. The molecule has 43 heavy (non-hydrogen) atoms. The molecule has 9 heteroatoms. The predicted octanol–water partition coefficient (Wildman–Crippen LogP) is 6.04. The van der Waals surface area contributed by atoms with E-state index in [0.29, 0.717) is 19.6 Å². The highest BCUT2D eigenvalue weighted by Gasteiger charge is 2.32. The minimum absolute atomic E-state index is 0.0567. The first-order valence-electron chi connectivity index (χ1n) is 15.2. The SMILES string of the molecule is CO[C@@H]1CCC[C@@H](C(=O)N2CCN(Cc3c(-c4ccc([N+](=O)[O-])cc4)nc4ccc(-c5cc(C)ccc5C)cn34)CC2)C1. The van der Waals surface area contributed by atoms with Crippen molar-refractivity contribution in [1.29, 1.82) is 0 Å². The third-order valence-electron chi connectivity index (χ3n) is 9.14. The van der Waals surface area contributed by atoms with Crippen LogP contribution >= 0.6 is 0 Å². The Labute approximate surface area is 252 Å². The number of pyridine rings is 1. The summed E-state index contributed by atoms with van der Waals surface area (Å²) in [6.45, 7) is 7.83. The maximum atomic E-state index is 13.3. The van der Waals surface area contributed by atoms with Crippen molar-refractivity contribution in [3.63, 3.8) is 0 Å². The van der Waals surface area contributed by atoms with Gasteiger partial charge in [0.05, 0.1) is 22.4 Å². The molecule has 1 amide bonds. The fourth-order valence-corrected chi connectivity index (χ4v) is 6.60. The molecule has 0 unspecified atom stereocenters. The topological polar surface area (TPSA) is 93.2 Å². The number of aryl methyl sites for hydroxylation is 2. The van der Waals surface area contributed by atoms with Gasteiger partial charge in [-0.3, -0.25) is 19.8 Å². The molecule has 0 radical (unpaired) electrons. The Kier molecular flexibility index (Phi) is 8.27. The van der Waals surface area contributed by atoms with Gasteiger partial charge in [0, 0.05) is 69.6 Å². The van der Waals surface area contributed by atoms with Gasteiger partial charge >= 0.3 is 0 Å². The molecule has 2 atom stereocenters. The number of carbonyl (C=O) groups excluding carboxylic acids is 1. The number of nitrogens with zero attached hydrogens (tertiary/aromatic N) is 5. The Morgan fingerprint density at radius 3 is 2.47 bits per heavy atom. The van der Waals surface area contributed by atoms with Crippen molar-refractivity contribution in [3.8, 4) is 22.4 Å². The van der Waals surface area contributed by atoms with Crippen LogP contribution in [0.3, 0.4) is 0 Å². The molecule has 2 fully saturated rings. The van der Waals surface area contributed by atoms with E-state index in [4.69, 9.17) is 9.72 Å². The highest BCUT2D eigenvalue weighted by Crippen LogP contribution is 2.32. The van der Waals surface area contributed by atoms with Gasteiger partial charge in [0.1, 0.15) is 5.65 Å². The zero-order chi connectivity index (χ0) is 30.1. The van der Waals surface area contributed by atoms with Crippen LogP contribution in [0.1, 0.15) is 42.5 Å². The average Bonchev–Trinajstić information content (AvgIpc) is 3.39. The molecule has 9 nitrogen and oxygen atoms in total. The lowest BCUT2D eigenvalue weighted by atomic mass is 9.86. The van der Waals surface area contributed by atoms with Crippen LogP contribution in [0.2, 0.25) is 0 Å². The molecule has 224 valence electrons. The summed E-state index contributed by atoms with van der Waals surface area (Å²) in [5, 5.41) is 11.3. The first kappa shape index (κ1) is 29.0. The highest BCUT2D eigenvalue weighted by atomic mass is 16.6. The van der Waals surface area contributed by atoms with Crippen molar-refractivity contribution in [3.05, 3.63) is 87.7 Å². The minimum atomic E-state index is -0.381. The number of hydrogen-bond acceptors (Lipinski definition) is 6. The van der Waals surface area contributed by atoms with Crippen LogP contribution in [0, 0.1) is 29.9 Å². The van der Waals surface area contributed by atoms with Crippen molar-refractivity contribution in [2.24, 2.45) is 5.92 Å². The molecule has 3 heterocycles. The largest absolute Gasteiger partial charge is 0.381 e. The van der Waals surface area contributed by atoms with Crippen LogP contribution < -0.4 is 0 Å². The maximum absolute atomic E-state index is 13.3. The van der Waals surface area contributed by atoms with Gasteiger partial charge < -0.3 is 14.0 Å². The second-order valence-corrected chi connectivity index (χ2v) is 12.0. The number of fused-ring (bicyclic) bond motifs is 1. The van der Waals surface area contributed by atoms with Gasteiger partial charge in [-0.25, -0.2) is 4.98 Å². The molecular formula is C34H39N5O4. The molecule has 2 aliphatic rings. The maximum Gasteiger partial charge on any atom is 0.269 e. The fourth-order valence-electron chi connectivity index (χ4n) is 6.60. The Morgan fingerprint density at radius 1 is 1.00 bits per heavy atom. The normalized spacial score (nSPS) is 19.6. The number of hydrogen-bond donors (Lipinski definition) is 0. The van der Waals surface area contributed by atoms with Crippen molar-refractivity contribution < 1.29 is 14.5 Å². The van der Waals surface area contributed by atoms with Gasteiger partial charge in [0.2, 0.25) is 5.91 Å². The summed E-state index contributed by atoms with van der Waals surface area (Å²) in [6, 6.07) is 17.3. The van der Waals surface area contributed by atoms with Gasteiger partial charge in [-0.1, -0.05) is 30.2 Å². The zero-order valence-corrected chi connectivity index (χ0v) is 25.2. The predicted molar refractivity (Wildman–Crippen MR) is 167 cm³/mol. The molecule has 0 spiro atoms. The number of nitro groups is 1. The van der Waals surface area contributed by atoms with E-state index in [1.54, 1.807) is 19.2 Å². The summed E-state index contributed by atoms with van der Waals surface area (Å²) >= 11 is 0. The molecular weight excluding hydrogens is 542 g/mol. The summed E-state index contributed by atoms with van der Waals surface area (Å²) in [5.74, 6) is 0.321. The molecule has 2 aromatic heterocycles. The van der Waals surface area contributed by atoms with Crippen molar-refractivity contribution in [1.82, 2.24) is 19.2 Å². The van der Waals surface area contributed by atoms with E-state index in [9.17, 15) is 14.9 Å². The Bertz CT molecular complexity index is 1640. The number of carbonyl (C=O) groups is 1. The number of benzene rings is 2. The number of methoxy groups -OCH3 is 1. The Morgan fingerprint density at radius 2 is 1.74 bits per heavy atom. The molecule has 1 saturated heterocycles. The zero-order valence-electron chi connectivity index (χ0n) is 25.2. The summed E-state index contributed by atoms with van der Waals surface area (Å²) in [7, 11) is 1.74. The summed E-state index contributed by atoms with van der Waals surface area (Å²) in [4.78, 5) is 33.7. The molecule has 1 aliphatic carbocycles. The molecule has 1 saturated carbocycles. The van der Waals surface area contributed by atoms with E-state index in [0.717, 1.165) is 66.9 Å². The summed E-state index contributed by atoms with van der Waals surface area (Å²) in [5.41, 5.74) is 8.29. The number of imidazole rings is 1. The summed E-state index contributed by atoms with van der Waals surface area (Å²) in [6.07, 6.45) is 6.18. The standard InChI is InChI=1S/C34H39N5O4/c1-23-7-8-24(2)30(19-23)27-11-14-32-35-33(25-9-12-28(13-10-25)39(41)42)31(38(32)21-27)22-36-15-17-37(18-16-36)34(40)26-5-4-6-29(20-26)43-3/h7-14,19,21,26,29H,4-6,15-18,20,22H2,1-3H3/t26-,29-/m1/s1. The fraction of sp³-hybridized carbons (Fsp3) is 0.412. The quantitative estimate of drug-likeness (QED) is 0.195. The second-order valence-electron chi connectivity index (χ2n) is 12.0. The molecule has 4 aromatic rings. The lowest BCUT2D eigenvalue weighted by Gasteiger charge is -2.38. The van der Waals surface area contributed by atoms with Crippen LogP contribution in [-0.4, -0.2) is 69.4 Å². The number of amides is 1. The van der Waals surface area contributed by atoms with E-state index >= 15 is 0 Å². The van der Waals surface area contributed by atoms with Crippen LogP contribution in [0.15, 0.2) is 60.8 Å². The van der Waals surface area contributed by atoms with Crippen LogP contribution in [0.5, 0.6) is 0 Å². The van der Waals surface area contributed by atoms with Gasteiger partial charge in [0.15, 0.2) is 0 Å². The third-order valence-corrected chi connectivity index (χ3v) is 9.14. The molecule has 0 N–H and O–H groups in total. The smallest absolute Gasteiger partial charge is 0.269 e. The Hall–Kier alpha value is -4.08. The molecule has 0 bridgehead atoms. The number of rotatable bonds is 7. The van der Waals surface area contributed by atoms with Crippen molar-refractivity contribution >= 4 is 17.2 Å². The van der Waals surface area contributed by atoms with Gasteiger partial charge in [-0.05, 0) is 74.1 Å². The number of piperazine rings is 1. The molecule has 1 aliphatic heterocycles. The summed E-state index contributed by atoms with van der Waals surface area (Å²) < 4.78 is 7.73. The minimum Gasteiger partial charge on any atom is -0.381 e. The first-order valence-corrected chi connectivity index (χ1v) is 15.2. The molecule has 6 rings (SSSR count). The average molecular weight is 582 g/mol. The van der Waals surface area contributed by atoms with Gasteiger partial charge in [0.25, 0.3) is 5.69 Å². The number of aromatic nitrogens is 2. The van der Waals surface area contributed by atoms with Crippen LogP contribution in [-0.2, 0) is 16.1 Å². The van der Waals surface area contributed by atoms with Gasteiger partial charge in [-0.2, -0.15) is 0 Å². The number of non-ortho nitro benzene ring substituents is 1.